The minimum absolute atomic E-state index is 0. The van der Waals surface area contributed by atoms with Crippen molar-refractivity contribution in [2.75, 3.05) is 6.54 Å². The Morgan fingerprint density at radius 3 is 2.64 bits per heavy atom. The van der Waals surface area contributed by atoms with E-state index in [4.69, 9.17) is 5.73 Å². The molecule has 0 saturated heterocycles. The summed E-state index contributed by atoms with van der Waals surface area (Å²) in [6.45, 7) is 1.06. The molecule has 1 aliphatic rings. The SMILES string of the molecule is Cl.NCC1CCCCC1NS(=O)(=O)c1cnn(Cc2ccccc2)c1. The highest BCUT2D eigenvalue weighted by Gasteiger charge is 2.29. The van der Waals surface area contributed by atoms with E-state index >= 15 is 0 Å². The van der Waals surface area contributed by atoms with Gasteiger partial charge in [-0.25, -0.2) is 13.1 Å². The van der Waals surface area contributed by atoms with Crippen molar-refractivity contribution in [2.45, 2.75) is 43.2 Å². The van der Waals surface area contributed by atoms with Gasteiger partial charge in [0.05, 0.1) is 12.7 Å². The van der Waals surface area contributed by atoms with Crippen LogP contribution in [0.25, 0.3) is 0 Å². The van der Waals surface area contributed by atoms with Crippen molar-refractivity contribution in [1.82, 2.24) is 14.5 Å². The summed E-state index contributed by atoms with van der Waals surface area (Å²) < 4.78 is 29.7. The average Bonchev–Trinajstić information content (AvgIpc) is 3.05. The molecule has 138 valence electrons. The quantitative estimate of drug-likeness (QED) is 0.798. The van der Waals surface area contributed by atoms with Crippen molar-refractivity contribution in [1.29, 1.82) is 0 Å². The van der Waals surface area contributed by atoms with E-state index in [0.717, 1.165) is 31.2 Å². The molecule has 3 N–H and O–H groups in total. The monoisotopic (exact) mass is 384 g/mol. The fourth-order valence-electron chi connectivity index (χ4n) is 3.25. The number of benzene rings is 1. The number of nitrogens with zero attached hydrogens (tertiary/aromatic N) is 2. The molecular formula is C17H25ClN4O2S. The van der Waals surface area contributed by atoms with Gasteiger partial charge in [0.1, 0.15) is 4.90 Å². The normalized spacial score (nSPS) is 20.8. The zero-order valence-electron chi connectivity index (χ0n) is 14.0. The highest BCUT2D eigenvalue weighted by atomic mass is 35.5. The molecule has 0 radical (unpaired) electrons. The molecule has 1 aromatic carbocycles. The third kappa shape index (κ3) is 5.04. The maximum atomic E-state index is 12.6. The molecule has 1 heterocycles. The molecule has 1 saturated carbocycles. The lowest BCUT2D eigenvalue weighted by atomic mass is 9.85. The van der Waals surface area contributed by atoms with E-state index in [1.807, 2.05) is 30.3 Å². The molecule has 2 unspecified atom stereocenters. The predicted octanol–water partition coefficient (Wildman–Crippen LogP) is 2.15. The zero-order valence-corrected chi connectivity index (χ0v) is 15.7. The summed E-state index contributed by atoms with van der Waals surface area (Å²) >= 11 is 0. The maximum absolute atomic E-state index is 12.6. The van der Waals surface area contributed by atoms with Crippen LogP contribution in [-0.4, -0.2) is 30.8 Å². The van der Waals surface area contributed by atoms with Crippen LogP contribution in [-0.2, 0) is 16.6 Å². The van der Waals surface area contributed by atoms with Crippen LogP contribution in [0.5, 0.6) is 0 Å². The number of hydrogen-bond donors (Lipinski definition) is 2. The van der Waals surface area contributed by atoms with E-state index in [0.29, 0.717) is 13.1 Å². The van der Waals surface area contributed by atoms with Crippen LogP contribution in [0.2, 0.25) is 0 Å². The van der Waals surface area contributed by atoms with Gasteiger partial charge in [0, 0.05) is 12.2 Å². The number of hydrogen-bond acceptors (Lipinski definition) is 4. The first-order chi connectivity index (χ1) is 11.6. The largest absolute Gasteiger partial charge is 0.330 e. The topological polar surface area (TPSA) is 90.0 Å². The number of rotatable bonds is 6. The first-order valence-electron chi connectivity index (χ1n) is 8.37. The van der Waals surface area contributed by atoms with Gasteiger partial charge < -0.3 is 5.73 Å². The summed E-state index contributed by atoms with van der Waals surface area (Å²) in [6.07, 6.45) is 6.98. The van der Waals surface area contributed by atoms with Crippen molar-refractivity contribution >= 4 is 22.4 Å². The summed E-state index contributed by atoms with van der Waals surface area (Å²) in [4.78, 5) is 0.208. The average molecular weight is 385 g/mol. The number of nitrogens with one attached hydrogen (secondary N) is 1. The van der Waals surface area contributed by atoms with Gasteiger partial charge in [0.25, 0.3) is 0 Å². The summed E-state index contributed by atoms with van der Waals surface area (Å²) in [5.74, 6) is 0.216. The molecule has 0 aliphatic heterocycles. The van der Waals surface area contributed by atoms with E-state index in [1.54, 1.807) is 10.9 Å². The lowest BCUT2D eigenvalue weighted by Gasteiger charge is -2.30. The molecule has 1 aliphatic carbocycles. The van der Waals surface area contributed by atoms with Crippen LogP contribution in [0.4, 0.5) is 0 Å². The standard InChI is InChI=1S/C17H24N4O2S.ClH/c18-10-15-8-4-5-9-17(15)20-24(22,23)16-11-19-21(13-16)12-14-6-2-1-3-7-14;/h1-3,6-7,11,13,15,17,20H,4-5,8-10,12,18H2;1H. The fourth-order valence-corrected chi connectivity index (χ4v) is 4.54. The first kappa shape index (κ1) is 19.9. The molecule has 6 nitrogen and oxygen atoms in total. The van der Waals surface area contributed by atoms with Crippen LogP contribution in [0.1, 0.15) is 31.2 Å². The van der Waals surface area contributed by atoms with E-state index in [2.05, 4.69) is 9.82 Å². The summed E-state index contributed by atoms with van der Waals surface area (Å²) in [5, 5.41) is 4.18. The lowest BCUT2D eigenvalue weighted by molar-refractivity contribution is 0.296. The van der Waals surface area contributed by atoms with Crippen molar-refractivity contribution in [3.8, 4) is 0 Å². The predicted molar refractivity (Wildman–Crippen MR) is 100 cm³/mol. The third-order valence-corrected chi connectivity index (χ3v) is 6.07. The lowest BCUT2D eigenvalue weighted by Crippen LogP contribution is -2.44. The molecule has 3 rings (SSSR count). The Kier molecular flexibility index (Phi) is 7.01. The molecule has 0 spiro atoms. The molecule has 0 amide bonds. The van der Waals surface area contributed by atoms with Gasteiger partial charge in [-0.3, -0.25) is 4.68 Å². The Balaban J connectivity index is 0.00000225. The van der Waals surface area contributed by atoms with E-state index in [1.165, 1.54) is 6.20 Å². The summed E-state index contributed by atoms with van der Waals surface area (Å²) in [6, 6.07) is 9.75. The molecule has 2 aromatic rings. The number of sulfonamides is 1. The van der Waals surface area contributed by atoms with Gasteiger partial charge in [-0.2, -0.15) is 5.10 Å². The minimum atomic E-state index is -3.56. The van der Waals surface area contributed by atoms with Crippen molar-refractivity contribution < 1.29 is 8.42 Å². The second-order valence-corrected chi connectivity index (χ2v) is 8.08. The summed E-state index contributed by atoms with van der Waals surface area (Å²) in [5.41, 5.74) is 6.87. The number of nitrogens with two attached hydrogens (primary N) is 1. The van der Waals surface area contributed by atoms with Crippen LogP contribution >= 0.6 is 12.4 Å². The molecule has 0 bridgehead atoms. The van der Waals surface area contributed by atoms with Gasteiger partial charge in [-0.1, -0.05) is 43.2 Å². The van der Waals surface area contributed by atoms with Gasteiger partial charge >= 0.3 is 0 Å². The smallest absolute Gasteiger partial charge is 0.243 e. The minimum Gasteiger partial charge on any atom is -0.330 e. The van der Waals surface area contributed by atoms with Gasteiger partial charge in [0.15, 0.2) is 0 Å². The Labute approximate surface area is 155 Å². The highest BCUT2D eigenvalue weighted by Crippen LogP contribution is 2.25. The molecule has 25 heavy (non-hydrogen) atoms. The molecule has 1 aromatic heterocycles. The second kappa shape index (κ2) is 8.80. The van der Waals surface area contributed by atoms with Crippen molar-refractivity contribution in [2.24, 2.45) is 11.7 Å². The maximum Gasteiger partial charge on any atom is 0.243 e. The molecule has 8 heteroatoms. The Morgan fingerprint density at radius 1 is 1.20 bits per heavy atom. The van der Waals surface area contributed by atoms with E-state index < -0.39 is 10.0 Å². The summed E-state index contributed by atoms with van der Waals surface area (Å²) in [7, 11) is -3.56. The van der Waals surface area contributed by atoms with Crippen molar-refractivity contribution in [3.63, 3.8) is 0 Å². The Bertz CT molecular complexity index is 764. The van der Waals surface area contributed by atoms with Gasteiger partial charge in [0.2, 0.25) is 10.0 Å². The second-order valence-electron chi connectivity index (χ2n) is 6.37. The third-order valence-electron chi connectivity index (χ3n) is 4.63. The first-order valence-corrected chi connectivity index (χ1v) is 9.85. The number of halogens is 1. The molecule has 2 atom stereocenters. The Morgan fingerprint density at radius 2 is 1.92 bits per heavy atom. The van der Waals surface area contributed by atoms with Crippen LogP contribution < -0.4 is 10.5 Å². The number of aromatic nitrogens is 2. The highest BCUT2D eigenvalue weighted by molar-refractivity contribution is 7.89. The van der Waals surface area contributed by atoms with Crippen LogP contribution in [0.15, 0.2) is 47.6 Å². The van der Waals surface area contributed by atoms with Gasteiger partial charge in [-0.05, 0) is 30.9 Å². The zero-order chi connectivity index (χ0) is 17.0. The van der Waals surface area contributed by atoms with Gasteiger partial charge in [-0.15, -0.1) is 12.4 Å². The van der Waals surface area contributed by atoms with E-state index in [-0.39, 0.29) is 29.3 Å². The van der Waals surface area contributed by atoms with E-state index in [9.17, 15) is 8.42 Å². The van der Waals surface area contributed by atoms with Crippen LogP contribution in [0.3, 0.4) is 0 Å². The van der Waals surface area contributed by atoms with Crippen LogP contribution in [0, 0.1) is 5.92 Å². The van der Waals surface area contributed by atoms with Crippen molar-refractivity contribution in [3.05, 3.63) is 48.3 Å². The fraction of sp³-hybridized carbons (Fsp3) is 0.471. The molecular weight excluding hydrogens is 360 g/mol. The Hall–Kier alpha value is -1.41. The molecule has 1 fully saturated rings.